The summed E-state index contributed by atoms with van der Waals surface area (Å²) >= 11 is 0. The Balaban J connectivity index is 1.47. The first-order valence-electron chi connectivity index (χ1n) is 30.6. The summed E-state index contributed by atoms with van der Waals surface area (Å²) in [6.07, 6.45) is 32.2. The molecule has 0 aromatic heterocycles. The molecule has 0 saturated carbocycles. The van der Waals surface area contributed by atoms with Gasteiger partial charge in [0, 0.05) is 6.42 Å². The Labute approximate surface area is 494 Å². The van der Waals surface area contributed by atoms with E-state index >= 15 is 0 Å². The monoisotopic (exact) mass is 1180 g/mol. The molecular formula is C64H105NO18. The van der Waals surface area contributed by atoms with E-state index in [2.05, 4.69) is 116 Å². The van der Waals surface area contributed by atoms with Crippen molar-refractivity contribution >= 4 is 5.91 Å². The fourth-order valence-corrected chi connectivity index (χ4v) is 9.56. The average Bonchev–Trinajstić information content (AvgIpc) is 3.62. The molecule has 19 nitrogen and oxygen atoms in total. The minimum Gasteiger partial charge on any atom is -0.394 e. The molecule has 3 fully saturated rings. The highest BCUT2D eigenvalue weighted by atomic mass is 16.8. The second-order valence-electron chi connectivity index (χ2n) is 21.4. The first kappa shape index (κ1) is 73.7. The Kier molecular flexibility index (Phi) is 40.6. The molecule has 12 N–H and O–H groups in total. The molecule has 83 heavy (non-hydrogen) atoms. The van der Waals surface area contributed by atoms with Gasteiger partial charge in [0.1, 0.15) is 73.2 Å². The molecule has 1 amide bonds. The van der Waals surface area contributed by atoms with Crippen LogP contribution in [0.4, 0.5) is 0 Å². The summed E-state index contributed by atoms with van der Waals surface area (Å²) < 4.78 is 34.2. The number of amides is 1. The first-order valence-corrected chi connectivity index (χ1v) is 30.6. The molecule has 19 heteroatoms. The number of aliphatic hydroxyl groups is 11. The lowest BCUT2D eigenvalue weighted by molar-refractivity contribution is -0.379. The van der Waals surface area contributed by atoms with Gasteiger partial charge in [-0.3, -0.25) is 4.79 Å². The highest BCUT2D eigenvalue weighted by molar-refractivity contribution is 5.76. The lowest BCUT2D eigenvalue weighted by Crippen LogP contribution is -2.66. The summed E-state index contributed by atoms with van der Waals surface area (Å²) in [5.74, 6) is -0.326. The first-order chi connectivity index (χ1) is 40.3. The van der Waals surface area contributed by atoms with Gasteiger partial charge in [-0.2, -0.15) is 0 Å². The van der Waals surface area contributed by atoms with Crippen molar-refractivity contribution in [3.63, 3.8) is 0 Å². The van der Waals surface area contributed by atoms with Crippen molar-refractivity contribution in [2.75, 3.05) is 26.4 Å². The van der Waals surface area contributed by atoms with Crippen LogP contribution in [0.5, 0.6) is 0 Å². The Morgan fingerprint density at radius 2 is 0.831 bits per heavy atom. The van der Waals surface area contributed by atoms with Crippen molar-refractivity contribution in [1.82, 2.24) is 5.32 Å². The summed E-state index contributed by atoms with van der Waals surface area (Å²) in [6, 6.07) is -1.00. The van der Waals surface area contributed by atoms with Gasteiger partial charge in [0.2, 0.25) is 5.91 Å². The highest BCUT2D eigenvalue weighted by Gasteiger charge is 2.53. The molecule has 0 aliphatic carbocycles. The van der Waals surface area contributed by atoms with E-state index < -0.39 is 124 Å². The summed E-state index contributed by atoms with van der Waals surface area (Å²) in [6.45, 7) is 1.52. The lowest BCUT2D eigenvalue weighted by atomic mass is 9.96. The van der Waals surface area contributed by atoms with Gasteiger partial charge >= 0.3 is 0 Å². The summed E-state index contributed by atoms with van der Waals surface area (Å²) in [5.41, 5.74) is 0. The molecule has 0 aromatic rings. The molecule has 3 rings (SSSR count). The fraction of sp³-hybridized carbons (Fsp3) is 0.703. The second-order valence-corrected chi connectivity index (χ2v) is 21.4. The summed E-state index contributed by atoms with van der Waals surface area (Å²) in [4.78, 5) is 13.3. The number of carbonyl (C=O) groups excluding carboxylic acids is 1. The van der Waals surface area contributed by atoms with Crippen LogP contribution in [0.15, 0.2) is 109 Å². The molecule has 0 spiro atoms. The molecule has 3 saturated heterocycles. The van der Waals surface area contributed by atoms with E-state index in [4.69, 9.17) is 28.4 Å². The van der Waals surface area contributed by atoms with Crippen LogP contribution in [0.25, 0.3) is 0 Å². The van der Waals surface area contributed by atoms with Gasteiger partial charge in [-0.05, 0) is 83.5 Å². The maximum absolute atomic E-state index is 13.3. The number of hydrogen-bond donors (Lipinski definition) is 12. The lowest BCUT2D eigenvalue weighted by Gasteiger charge is -2.48. The van der Waals surface area contributed by atoms with Crippen LogP contribution in [-0.2, 0) is 33.2 Å². The standard InChI is InChI=1S/C64H105NO18/c1-3-5-7-9-11-13-15-16-17-18-19-20-21-22-23-24-25-26-27-28-29-30-32-34-36-38-40-42-52(70)65-47(48(69)41-39-37-35-33-31-14-12-10-8-6-4-2)46-78-62-58(76)55(73)60(50(44-67)80-62)83-64-59(77)56(74)61(51(45-68)81-64)82-63-57(75)54(72)53(71)49(43-66)79-63/h5,7,11,13,16-17,19-20,22-23,25-26,28-29,32,34,39,41,47-51,53-64,66-69,71-77H,3-4,6,8-10,12,14-15,18,21,24,27,30-31,33,35-38,40,42-46H2,1-2H3,(H,65,70)/b7-5-,13-11-,17-16-,20-19-,23-22-,26-25-,29-28-,34-32-,41-39+. The Morgan fingerprint density at radius 3 is 1.30 bits per heavy atom. The number of carbonyl (C=O) groups is 1. The largest absolute Gasteiger partial charge is 0.394 e. The van der Waals surface area contributed by atoms with Crippen molar-refractivity contribution < 1.29 is 89.4 Å². The molecule has 17 unspecified atom stereocenters. The molecule has 474 valence electrons. The van der Waals surface area contributed by atoms with Crippen molar-refractivity contribution in [2.24, 2.45) is 0 Å². The highest BCUT2D eigenvalue weighted by Crippen LogP contribution is 2.33. The van der Waals surface area contributed by atoms with Gasteiger partial charge in [-0.25, -0.2) is 0 Å². The minimum absolute atomic E-state index is 0.180. The second kappa shape index (κ2) is 45.7. The normalized spacial score (nSPS) is 30.2. The van der Waals surface area contributed by atoms with Crippen molar-refractivity contribution in [2.45, 2.75) is 259 Å². The zero-order valence-electron chi connectivity index (χ0n) is 49.4. The van der Waals surface area contributed by atoms with Gasteiger partial charge in [0.25, 0.3) is 0 Å². The van der Waals surface area contributed by atoms with Crippen LogP contribution in [0.2, 0.25) is 0 Å². The van der Waals surface area contributed by atoms with Crippen LogP contribution in [0, 0.1) is 0 Å². The van der Waals surface area contributed by atoms with E-state index in [9.17, 15) is 61.0 Å². The van der Waals surface area contributed by atoms with Crippen LogP contribution < -0.4 is 5.32 Å². The van der Waals surface area contributed by atoms with Gasteiger partial charge < -0.3 is 89.9 Å². The maximum Gasteiger partial charge on any atom is 0.220 e. The van der Waals surface area contributed by atoms with Crippen molar-refractivity contribution in [3.8, 4) is 0 Å². The fourth-order valence-electron chi connectivity index (χ4n) is 9.56. The number of nitrogens with one attached hydrogen (secondary N) is 1. The van der Waals surface area contributed by atoms with Gasteiger partial charge in [0.15, 0.2) is 18.9 Å². The number of ether oxygens (including phenoxy) is 6. The number of allylic oxidation sites excluding steroid dienone is 17. The summed E-state index contributed by atoms with van der Waals surface area (Å²) in [7, 11) is 0. The van der Waals surface area contributed by atoms with Crippen molar-refractivity contribution in [3.05, 3.63) is 109 Å². The molecule has 3 heterocycles. The third-order valence-electron chi connectivity index (χ3n) is 14.6. The van der Waals surface area contributed by atoms with Gasteiger partial charge in [0.05, 0.1) is 38.6 Å². The molecule has 0 radical (unpaired) electrons. The number of hydrogen-bond acceptors (Lipinski definition) is 18. The zero-order chi connectivity index (χ0) is 60.5. The number of rotatable bonds is 43. The molecule has 3 aliphatic heterocycles. The van der Waals surface area contributed by atoms with Gasteiger partial charge in [-0.1, -0.05) is 175 Å². The Morgan fingerprint density at radius 1 is 0.446 bits per heavy atom. The Bertz CT molecular complexity index is 1930. The molecule has 0 aromatic carbocycles. The molecule has 0 bridgehead atoms. The minimum atomic E-state index is -1.99. The number of aliphatic hydroxyl groups excluding tert-OH is 11. The van der Waals surface area contributed by atoms with E-state index in [1.807, 2.05) is 6.08 Å². The topological polar surface area (TPSA) is 307 Å². The Hall–Kier alpha value is -3.55. The molecule has 17 atom stereocenters. The SMILES string of the molecule is CC/C=C\C/C=C\C/C=C\C/C=C\C/C=C\C/C=C\C/C=C\C/C=C\CCCCC(=O)NC(COC1OC(CO)C(OC2OC(CO)C(OC3OC(CO)C(O)C(O)C3O)C(O)C2O)C(O)C1O)C(O)/C=C/CCCCCCCCCCC. The quantitative estimate of drug-likeness (QED) is 0.0249. The predicted octanol–water partition coefficient (Wildman–Crippen LogP) is 5.92. The average molecular weight is 1180 g/mol. The van der Waals surface area contributed by atoms with Gasteiger partial charge in [-0.15, -0.1) is 0 Å². The molecular weight excluding hydrogens is 1070 g/mol. The number of unbranched alkanes of at least 4 members (excludes halogenated alkanes) is 11. The summed E-state index contributed by atoms with van der Waals surface area (Å²) in [5, 5.41) is 120. The van der Waals surface area contributed by atoms with E-state index in [1.54, 1.807) is 6.08 Å². The van der Waals surface area contributed by atoms with Crippen LogP contribution in [0.3, 0.4) is 0 Å². The van der Waals surface area contributed by atoms with Crippen LogP contribution in [-0.4, -0.2) is 193 Å². The van der Waals surface area contributed by atoms with E-state index in [0.29, 0.717) is 6.42 Å². The van der Waals surface area contributed by atoms with Crippen LogP contribution >= 0.6 is 0 Å². The maximum atomic E-state index is 13.3. The van der Waals surface area contributed by atoms with Crippen LogP contribution in [0.1, 0.15) is 155 Å². The van der Waals surface area contributed by atoms with E-state index in [-0.39, 0.29) is 18.9 Å². The molecule has 3 aliphatic rings. The third-order valence-corrected chi connectivity index (χ3v) is 14.6. The zero-order valence-corrected chi connectivity index (χ0v) is 49.4. The third kappa shape index (κ3) is 29.1. The predicted molar refractivity (Wildman–Crippen MR) is 318 cm³/mol. The smallest absolute Gasteiger partial charge is 0.220 e. The van der Waals surface area contributed by atoms with E-state index in [0.717, 1.165) is 89.9 Å². The van der Waals surface area contributed by atoms with Crippen molar-refractivity contribution in [1.29, 1.82) is 0 Å². The van der Waals surface area contributed by atoms with E-state index in [1.165, 1.54) is 38.5 Å².